The molecule has 0 aromatic heterocycles. The Kier molecular flexibility index (Phi) is 5.23. The van der Waals surface area contributed by atoms with Gasteiger partial charge in [-0.3, -0.25) is 0 Å². The zero-order valence-electron chi connectivity index (χ0n) is 9.02. The Morgan fingerprint density at radius 2 is 1.62 bits per heavy atom. The number of rotatable bonds is 6. The zero-order valence-corrected chi connectivity index (χ0v) is 9.91. The summed E-state index contributed by atoms with van der Waals surface area (Å²) in [4.78, 5) is 0. The molecule has 13 heavy (non-hydrogen) atoms. The summed E-state index contributed by atoms with van der Waals surface area (Å²) in [6.07, 6.45) is 14.0. The lowest BCUT2D eigenvalue weighted by atomic mass is 9.98. The minimum Gasteiger partial charge on any atom is -0.173 e. The lowest BCUT2D eigenvalue weighted by Gasteiger charge is -2.21. The molecule has 0 spiro atoms. The van der Waals surface area contributed by atoms with Crippen LogP contribution in [-0.2, 0) is 0 Å². The van der Waals surface area contributed by atoms with Crippen LogP contribution < -0.4 is 0 Å². The second kappa shape index (κ2) is 5.95. The van der Waals surface area contributed by atoms with Gasteiger partial charge in [-0.2, -0.15) is 12.6 Å². The average Bonchev–Trinajstić information content (AvgIpc) is 2.53. The molecule has 1 rings (SSSR count). The van der Waals surface area contributed by atoms with Gasteiger partial charge in [-0.15, -0.1) is 0 Å². The Labute approximate surface area is 88.9 Å². The second-order valence-electron chi connectivity index (χ2n) is 4.60. The highest BCUT2D eigenvalue weighted by atomic mass is 32.1. The van der Waals surface area contributed by atoms with E-state index in [-0.39, 0.29) is 0 Å². The Hall–Kier alpha value is 0.350. The van der Waals surface area contributed by atoms with Crippen molar-refractivity contribution < 1.29 is 0 Å². The molecule has 0 nitrogen and oxygen atoms in total. The van der Waals surface area contributed by atoms with Crippen molar-refractivity contribution in [2.24, 2.45) is 0 Å². The molecule has 0 bridgehead atoms. The van der Waals surface area contributed by atoms with E-state index in [9.17, 15) is 0 Å². The summed E-state index contributed by atoms with van der Waals surface area (Å²) < 4.78 is 0.437. The molecule has 0 atom stereocenters. The summed E-state index contributed by atoms with van der Waals surface area (Å²) in [7, 11) is 0. The molecule has 0 radical (unpaired) electrons. The highest BCUT2D eigenvalue weighted by Gasteiger charge is 2.28. The van der Waals surface area contributed by atoms with Crippen LogP contribution in [-0.4, -0.2) is 4.75 Å². The van der Waals surface area contributed by atoms with Crippen LogP contribution in [0.15, 0.2) is 0 Å². The molecular formula is C12H24S. The van der Waals surface area contributed by atoms with Gasteiger partial charge in [-0.1, -0.05) is 51.9 Å². The van der Waals surface area contributed by atoms with E-state index in [2.05, 4.69) is 6.92 Å². The van der Waals surface area contributed by atoms with Gasteiger partial charge < -0.3 is 0 Å². The summed E-state index contributed by atoms with van der Waals surface area (Å²) in [5, 5.41) is 0. The van der Waals surface area contributed by atoms with Gasteiger partial charge in [0.25, 0.3) is 0 Å². The van der Waals surface area contributed by atoms with Gasteiger partial charge in [0, 0.05) is 4.75 Å². The van der Waals surface area contributed by atoms with Crippen molar-refractivity contribution in [3.8, 4) is 0 Å². The Morgan fingerprint density at radius 1 is 1.00 bits per heavy atom. The van der Waals surface area contributed by atoms with Gasteiger partial charge in [0.1, 0.15) is 0 Å². The highest BCUT2D eigenvalue weighted by molar-refractivity contribution is 7.81. The van der Waals surface area contributed by atoms with Crippen molar-refractivity contribution in [3.63, 3.8) is 0 Å². The Balaban J connectivity index is 1.98. The fourth-order valence-electron chi connectivity index (χ4n) is 2.34. The fourth-order valence-corrected chi connectivity index (χ4v) is 2.82. The predicted octanol–water partition coefficient (Wildman–Crippen LogP) is 4.59. The molecule has 0 aromatic carbocycles. The summed E-state index contributed by atoms with van der Waals surface area (Å²) in [6, 6.07) is 0. The molecule has 1 heteroatoms. The van der Waals surface area contributed by atoms with Crippen LogP contribution in [0, 0.1) is 0 Å². The zero-order chi connectivity index (χ0) is 9.57. The van der Waals surface area contributed by atoms with Crippen molar-refractivity contribution in [1.29, 1.82) is 0 Å². The maximum absolute atomic E-state index is 4.81. The molecule has 0 heterocycles. The minimum absolute atomic E-state index is 0.437. The highest BCUT2D eigenvalue weighted by Crippen LogP contribution is 2.39. The quantitative estimate of drug-likeness (QED) is 0.470. The molecule has 1 saturated carbocycles. The van der Waals surface area contributed by atoms with E-state index in [0.29, 0.717) is 4.75 Å². The van der Waals surface area contributed by atoms with Crippen LogP contribution in [0.2, 0.25) is 0 Å². The third kappa shape index (κ3) is 4.39. The molecule has 0 aromatic rings. The van der Waals surface area contributed by atoms with E-state index in [0.717, 1.165) is 0 Å². The van der Waals surface area contributed by atoms with Gasteiger partial charge in [0.2, 0.25) is 0 Å². The van der Waals surface area contributed by atoms with Crippen LogP contribution in [0.1, 0.15) is 71.1 Å². The molecule has 1 fully saturated rings. The van der Waals surface area contributed by atoms with Crippen LogP contribution in [0.3, 0.4) is 0 Å². The van der Waals surface area contributed by atoms with E-state index >= 15 is 0 Å². The molecule has 0 N–H and O–H groups in total. The third-order valence-electron chi connectivity index (χ3n) is 3.28. The van der Waals surface area contributed by atoms with Crippen LogP contribution in [0.4, 0.5) is 0 Å². The maximum atomic E-state index is 4.81. The average molecular weight is 200 g/mol. The molecule has 1 aliphatic carbocycles. The van der Waals surface area contributed by atoms with Crippen molar-refractivity contribution in [1.82, 2.24) is 0 Å². The number of hydrogen-bond acceptors (Lipinski definition) is 1. The Bertz CT molecular complexity index is 125. The maximum Gasteiger partial charge on any atom is 0.0130 e. The predicted molar refractivity (Wildman–Crippen MR) is 63.6 cm³/mol. The van der Waals surface area contributed by atoms with Crippen LogP contribution in [0.5, 0.6) is 0 Å². The second-order valence-corrected chi connectivity index (χ2v) is 5.54. The van der Waals surface area contributed by atoms with Gasteiger partial charge in [-0.25, -0.2) is 0 Å². The van der Waals surface area contributed by atoms with E-state index in [1.54, 1.807) is 0 Å². The number of hydrogen-bond donors (Lipinski definition) is 1. The first-order valence-corrected chi connectivity index (χ1v) is 6.44. The van der Waals surface area contributed by atoms with E-state index < -0.39 is 0 Å². The smallest absolute Gasteiger partial charge is 0.0130 e. The van der Waals surface area contributed by atoms with Crippen molar-refractivity contribution >= 4 is 12.6 Å². The Morgan fingerprint density at radius 3 is 2.23 bits per heavy atom. The topological polar surface area (TPSA) is 0 Å². The molecule has 78 valence electrons. The summed E-state index contributed by atoms with van der Waals surface area (Å²) in [6.45, 7) is 2.27. The first-order chi connectivity index (χ1) is 6.27. The van der Waals surface area contributed by atoms with Gasteiger partial charge >= 0.3 is 0 Å². The van der Waals surface area contributed by atoms with E-state index in [1.807, 2.05) is 0 Å². The molecule has 1 aliphatic rings. The third-order valence-corrected chi connectivity index (χ3v) is 3.95. The summed E-state index contributed by atoms with van der Waals surface area (Å²) >= 11 is 4.81. The SMILES string of the molecule is CCCCCCCC1(S)CCCC1. The number of thiol groups is 1. The van der Waals surface area contributed by atoms with Gasteiger partial charge in [-0.05, 0) is 19.3 Å². The standard InChI is InChI=1S/C12H24S/c1-2-3-4-5-6-9-12(13)10-7-8-11-12/h13H,2-11H2,1H3. The first-order valence-electron chi connectivity index (χ1n) is 5.99. The lowest BCUT2D eigenvalue weighted by Crippen LogP contribution is -2.15. The molecule has 0 aliphatic heterocycles. The van der Waals surface area contributed by atoms with Gasteiger partial charge in [0.05, 0.1) is 0 Å². The van der Waals surface area contributed by atoms with Crippen molar-refractivity contribution in [2.75, 3.05) is 0 Å². The molecular weight excluding hydrogens is 176 g/mol. The lowest BCUT2D eigenvalue weighted by molar-refractivity contribution is 0.507. The van der Waals surface area contributed by atoms with Crippen molar-refractivity contribution in [3.05, 3.63) is 0 Å². The minimum atomic E-state index is 0.437. The van der Waals surface area contributed by atoms with Crippen LogP contribution in [0.25, 0.3) is 0 Å². The largest absolute Gasteiger partial charge is 0.173 e. The fraction of sp³-hybridized carbons (Fsp3) is 1.00. The number of unbranched alkanes of at least 4 members (excludes halogenated alkanes) is 4. The van der Waals surface area contributed by atoms with E-state index in [1.165, 1.54) is 64.2 Å². The molecule has 0 saturated heterocycles. The van der Waals surface area contributed by atoms with Crippen LogP contribution >= 0.6 is 12.6 Å². The molecule has 0 unspecified atom stereocenters. The summed E-state index contributed by atoms with van der Waals surface area (Å²) in [5.74, 6) is 0. The van der Waals surface area contributed by atoms with Gasteiger partial charge in [0.15, 0.2) is 0 Å². The molecule has 0 amide bonds. The monoisotopic (exact) mass is 200 g/mol. The summed E-state index contributed by atoms with van der Waals surface area (Å²) in [5.41, 5.74) is 0. The van der Waals surface area contributed by atoms with Crippen molar-refractivity contribution in [2.45, 2.75) is 75.9 Å². The first kappa shape index (κ1) is 11.4. The van der Waals surface area contributed by atoms with E-state index in [4.69, 9.17) is 12.6 Å². The normalized spacial score (nSPS) is 20.8.